The van der Waals surface area contributed by atoms with E-state index in [0.717, 1.165) is 9.99 Å². The fourth-order valence-electron chi connectivity index (χ4n) is 2.60. The largest absolute Gasteiger partial charge is 0.325 e. The van der Waals surface area contributed by atoms with Gasteiger partial charge in [0.25, 0.3) is 0 Å². The molecule has 0 spiro atoms. The lowest BCUT2D eigenvalue weighted by Crippen LogP contribution is -2.24. The van der Waals surface area contributed by atoms with E-state index in [4.69, 9.17) is 11.6 Å². The predicted octanol–water partition coefficient (Wildman–Crippen LogP) is 3.90. The number of carbonyl (C=O) groups excluding carboxylic acids is 1. The van der Waals surface area contributed by atoms with E-state index < -0.39 is 15.3 Å². The summed E-state index contributed by atoms with van der Waals surface area (Å²) in [6, 6.07) is 13.5. The molecule has 158 valence electrons. The Labute approximate surface area is 185 Å². The highest BCUT2D eigenvalue weighted by atomic mass is 35.5. The van der Waals surface area contributed by atoms with Crippen LogP contribution in [0.4, 0.5) is 5.69 Å². The number of aromatic nitrogens is 2. The van der Waals surface area contributed by atoms with Crippen molar-refractivity contribution in [2.24, 2.45) is 0 Å². The first-order chi connectivity index (χ1) is 14.2. The highest BCUT2D eigenvalue weighted by molar-refractivity contribution is 8.00. The van der Waals surface area contributed by atoms with Crippen LogP contribution in [0, 0.1) is 0 Å². The number of amides is 1. The topological polar surface area (TPSA) is 84.3 Å². The Kier molecular flexibility index (Phi) is 6.87. The minimum absolute atomic E-state index is 0.113. The Hall–Kier alpha value is -2.33. The van der Waals surface area contributed by atoms with Crippen molar-refractivity contribution in [2.75, 3.05) is 19.4 Å². The molecule has 30 heavy (non-hydrogen) atoms. The van der Waals surface area contributed by atoms with Crippen LogP contribution in [0.15, 0.2) is 71.0 Å². The summed E-state index contributed by atoms with van der Waals surface area (Å²) >= 11 is 7.36. The van der Waals surface area contributed by atoms with Crippen molar-refractivity contribution in [2.45, 2.75) is 22.2 Å². The highest BCUT2D eigenvalue weighted by Gasteiger charge is 2.20. The van der Waals surface area contributed by atoms with Gasteiger partial charge in [-0.05, 0) is 43.3 Å². The maximum Gasteiger partial charge on any atom is 0.242 e. The van der Waals surface area contributed by atoms with Gasteiger partial charge in [-0.3, -0.25) is 9.36 Å². The fourth-order valence-corrected chi connectivity index (χ4v) is 4.62. The Balaban J connectivity index is 1.74. The van der Waals surface area contributed by atoms with Gasteiger partial charge in [0.15, 0.2) is 5.16 Å². The minimum Gasteiger partial charge on any atom is -0.325 e. The van der Waals surface area contributed by atoms with E-state index in [1.165, 1.54) is 38.0 Å². The third-order valence-electron chi connectivity index (χ3n) is 4.22. The van der Waals surface area contributed by atoms with Crippen LogP contribution >= 0.6 is 23.4 Å². The molecule has 7 nitrogen and oxygen atoms in total. The summed E-state index contributed by atoms with van der Waals surface area (Å²) in [7, 11) is -0.664. The van der Waals surface area contributed by atoms with Crippen LogP contribution < -0.4 is 5.32 Å². The van der Waals surface area contributed by atoms with E-state index in [9.17, 15) is 13.2 Å². The van der Waals surface area contributed by atoms with Gasteiger partial charge < -0.3 is 5.32 Å². The molecule has 0 radical (unpaired) electrons. The molecular weight excluding hydrogens is 444 g/mol. The molecule has 0 saturated heterocycles. The first-order valence-electron chi connectivity index (χ1n) is 8.98. The first-order valence-corrected chi connectivity index (χ1v) is 11.7. The Morgan fingerprint density at radius 1 is 1.20 bits per heavy atom. The number of sulfonamides is 1. The number of hydrogen-bond acceptors (Lipinski definition) is 5. The molecule has 1 N–H and O–H groups in total. The monoisotopic (exact) mass is 464 g/mol. The molecular formula is C20H21ClN4O3S2. The fraction of sp³-hybridized carbons (Fsp3) is 0.200. The van der Waals surface area contributed by atoms with Gasteiger partial charge in [-0.15, -0.1) is 0 Å². The summed E-state index contributed by atoms with van der Waals surface area (Å²) in [6.45, 7) is 1.76. The Morgan fingerprint density at radius 3 is 2.63 bits per heavy atom. The van der Waals surface area contributed by atoms with Crippen molar-refractivity contribution in [3.05, 3.63) is 65.9 Å². The highest BCUT2D eigenvalue weighted by Crippen LogP contribution is 2.27. The van der Waals surface area contributed by atoms with Gasteiger partial charge in [0.2, 0.25) is 15.9 Å². The lowest BCUT2D eigenvalue weighted by molar-refractivity contribution is -0.115. The molecule has 1 amide bonds. The third-order valence-corrected chi connectivity index (χ3v) is 7.35. The molecule has 2 aromatic carbocycles. The number of halogens is 1. The van der Waals surface area contributed by atoms with E-state index in [-0.39, 0.29) is 10.8 Å². The van der Waals surface area contributed by atoms with Gasteiger partial charge >= 0.3 is 0 Å². The second kappa shape index (κ2) is 9.22. The molecule has 0 aliphatic heterocycles. The minimum atomic E-state index is -3.58. The number of imidazole rings is 1. The van der Waals surface area contributed by atoms with E-state index in [1.807, 2.05) is 22.8 Å². The van der Waals surface area contributed by atoms with Crippen LogP contribution in [0.25, 0.3) is 5.69 Å². The zero-order chi connectivity index (χ0) is 21.9. The molecule has 3 aromatic rings. The van der Waals surface area contributed by atoms with Gasteiger partial charge in [-0.1, -0.05) is 35.5 Å². The van der Waals surface area contributed by atoms with E-state index in [0.29, 0.717) is 15.9 Å². The SMILES string of the molecule is CC(Sc1nccn1-c1cccc(Cl)c1)C(=O)Nc1cccc(S(=O)(=O)N(C)C)c1. The van der Waals surface area contributed by atoms with Crippen LogP contribution in [0.2, 0.25) is 5.02 Å². The van der Waals surface area contributed by atoms with Crippen molar-refractivity contribution in [3.8, 4) is 5.69 Å². The summed E-state index contributed by atoms with van der Waals surface area (Å²) in [5, 5.41) is 3.55. The number of carbonyl (C=O) groups is 1. The smallest absolute Gasteiger partial charge is 0.242 e. The molecule has 0 fully saturated rings. The number of anilines is 1. The summed E-state index contributed by atoms with van der Waals surface area (Å²) < 4.78 is 27.6. The van der Waals surface area contributed by atoms with E-state index in [2.05, 4.69) is 10.3 Å². The summed E-state index contributed by atoms with van der Waals surface area (Å²) in [5.74, 6) is -0.264. The average molecular weight is 465 g/mol. The average Bonchev–Trinajstić information content (AvgIpc) is 3.16. The van der Waals surface area contributed by atoms with Crippen molar-refractivity contribution >= 4 is 45.0 Å². The summed E-state index contributed by atoms with van der Waals surface area (Å²) in [4.78, 5) is 17.1. The second-order valence-electron chi connectivity index (χ2n) is 6.62. The lowest BCUT2D eigenvalue weighted by Gasteiger charge is -2.15. The maximum absolute atomic E-state index is 12.7. The molecule has 10 heteroatoms. The van der Waals surface area contributed by atoms with Gasteiger partial charge in [-0.25, -0.2) is 17.7 Å². The number of nitrogens with zero attached hydrogens (tertiary/aromatic N) is 3. The van der Waals surface area contributed by atoms with Crippen LogP contribution in [0.1, 0.15) is 6.92 Å². The maximum atomic E-state index is 12.7. The molecule has 0 aliphatic rings. The summed E-state index contributed by atoms with van der Waals surface area (Å²) in [6.07, 6.45) is 3.46. The van der Waals surface area contributed by atoms with Crippen LogP contribution in [0.3, 0.4) is 0 Å². The number of hydrogen-bond donors (Lipinski definition) is 1. The first kappa shape index (κ1) is 22.4. The van der Waals surface area contributed by atoms with Crippen molar-refractivity contribution in [1.82, 2.24) is 13.9 Å². The number of rotatable bonds is 7. The second-order valence-corrected chi connectivity index (χ2v) is 10.5. The molecule has 1 aromatic heterocycles. The third kappa shape index (κ3) is 5.04. The Bertz CT molecular complexity index is 1160. The molecule has 0 saturated carbocycles. The zero-order valence-corrected chi connectivity index (χ0v) is 19.0. The summed E-state index contributed by atoms with van der Waals surface area (Å²) in [5.41, 5.74) is 1.25. The molecule has 0 aliphatic carbocycles. The normalized spacial score (nSPS) is 12.7. The molecule has 3 rings (SSSR count). The van der Waals surface area contributed by atoms with Crippen LogP contribution in [-0.4, -0.2) is 47.5 Å². The van der Waals surface area contributed by atoms with Crippen molar-refractivity contribution in [1.29, 1.82) is 0 Å². The number of nitrogens with one attached hydrogen (secondary N) is 1. The van der Waals surface area contributed by atoms with Gasteiger partial charge in [0.1, 0.15) is 0 Å². The molecule has 0 bridgehead atoms. The quantitative estimate of drug-likeness (QED) is 0.536. The number of thioether (sulfide) groups is 1. The zero-order valence-electron chi connectivity index (χ0n) is 16.6. The van der Waals surface area contributed by atoms with Crippen molar-refractivity contribution in [3.63, 3.8) is 0 Å². The van der Waals surface area contributed by atoms with Gasteiger partial charge in [0, 0.05) is 42.9 Å². The van der Waals surface area contributed by atoms with Gasteiger partial charge in [-0.2, -0.15) is 0 Å². The van der Waals surface area contributed by atoms with Crippen LogP contribution in [0.5, 0.6) is 0 Å². The van der Waals surface area contributed by atoms with Crippen LogP contribution in [-0.2, 0) is 14.8 Å². The molecule has 1 atom stereocenters. The number of benzene rings is 2. The van der Waals surface area contributed by atoms with E-state index in [1.54, 1.807) is 37.5 Å². The van der Waals surface area contributed by atoms with Crippen molar-refractivity contribution < 1.29 is 13.2 Å². The Morgan fingerprint density at radius 2 is 1.93 bits per heavy atom. The predicted molar refractivity (Wildman–Crippen MR) is 120 cm³/mol. The molecule has 1 heterocycles. The van der Waals surface area contributed by atoms with E-state index >= 15 is 0 Å². The lowest BCUT2D eigenvalue weighted by atomic mass is 10.3. The molecule has 1 unspecified atom stereocenters. The standard InChI is InChI=1S/C20H21ClN4O3S2/c1-14(29-20-22-10-11-25(20)17-8-4-6-15(21)12-17)19(26)23-16-7-5-9-18(13-16)30(27,28)24(2)3/h4-14H,1-3H3,(H,23,26). The van der Waals surface area contributed by atoms with Gasteiger partial charge in [0.05, 0.1) is 10.1 Å².